The molecule has 4 rings (SSSR count). The van der Waals surface area contributed by atoms with Crippen LogP contribution in [0.3, 0.4) is 0 Å². The summed E-state index contributed by atoms with van der Waals surface area (Å²) < 4.78 is 46.1. The van der Waals surface area contributed by atoms with E-state index >= 15 is 0 Å². The number of nitrogens with one attached hydrogen (secondary N) is 2. The monoisotopic (exact) mass is 489 g/mol. The van der Waals surface area contributed by atoms with Crippen LogP contribution in [-0.2, 0) is 10.0 Å². The highest BCUT2D eigenvalue weighted by atomic mass is 32.2. The lowest BCUT2D eigenvalue weighted by atomic mass is 10.2. The summed E-state index contributed by atoms with van der Waals surface area (Å²) in [4.78, 5) is 16.9. The molecule has 7 nitrogen and oxygen atoms in total. The van der Waals surface area contributed by atoms with E-state index in [1.54, 1.807) is 22.8 Å². The molecule has 0 atom stereocenters. The van der Waals surface area contributed by atoms with Crippen molar-refractivity contribution in [2.24, 2.45) is 0 Å². The van der Waals surface area contributed by atoms with E-state index in [2.05, 4.69) is 15.0 Å². The van der Waals surface area contributed by atoms with Gasteiger partial charge in [0.2, 0.25) is 0 Å². The maximum absolute atomic E-state index is 13.1. The largest absolute Gasteiger partial charge is 0.495 e. The van der Waals surface area contributed by atoms with Gasteiger partial charge in [0.15, 0.2) is 0 Å². The Kier molecular flexibility index (Phi) is 6.21. The van der Waals surface area contributed by atoms with Gasteiger partial charge in [-0.3, -0.25) is 9.52 Å². The van der Waals surface area contributed by atoms with Crippen LogP contribution in [0.25, 0.3) is 10.6 Å². The van der Waals surface area contributed by atoms with Gasteiger partial charge in [-0.15, -0.1) is 11.3 Å². The quantitative estimate of drug-likeness (QED) is 0.378. The average molecular weight is 490 g/mol. The zero-order chi connectivity index (χ0) is 22.7. The van der Waals surface area contributed by atoms with Crippen molar-refractivity contribution in [2.45, 2.75) is 4.90 Å². The van der Waals surface area contributed by atoms with Crippen LogP contribution >= 0.6 is 22.7 Å². The van der Waals surface area contributed by atoms with E-state index in [-0.39, 0.29) is 22.0 Å². The second-order valence-electron chi connectivity index (χ2n) is 6.48. The highest BCUT2D eigenvalue weighted by Gasteiger charge is 2.18. The first-order valence-corrected chi connectivity index (χ1v) is 12.4. The molecule has 0 saturated carbocycles. The van der Waals surface area contributed by atoms with Gasteiger partial charge in [-0.25, -0.2) is 17.8 Å². The number of ether oxygens (including phenoxy) is 1. The molecule has 1 amide bonds. The van der Waals surface area contributed by atoms with Crippen LogP contribution in [0.1, 0.15) is 10.5 Å². The number of carbonyl (C=O) groups excluding carboxylic acids is 1. The molecule has 0 unspecified atom stereocenters. The number of benzene rings is 2. The average Bonchev–Trinajstić information content (AvgIpc) is 3.46. The standard InChI is InChI=1S/C21H16FN3O4S3/c1-29-19-7-4-15(10-17(19)25-32(27,28)16-5-2-14(22)3-6-16)23-20(26)18-12-31-21(24-18)13-8-9-30-11-13/h2-12,25H,1H3,(H,23,26). The molecule has 0 bridgehead atoms. The van der Waals surface area contributed by atoms with Gasteiger partial charge in [-0.05, 0) is 53.9 Å². The Morgan fingerprint density at radius 1 is 1.09 bits per heavy atom. The fourth-order valence-corrected chi connectivity index (χ4v) is 5.35. The number of hydrogen-bond acceptors (Lipinski definition) is 7. The molecule has 0 radical (unpaired) electrons. The maximum atomic E-state index is 13.1. The van der Waals surface area contributed by atoms with E-state index < -0.39 is 21.7 Å². The summed E-state index contributed by atoms with van der Waals surface area (Å²) in [6.45, 7) is 0. The third kappa shape index (κ3) is 4.79. The van der Waals surface area contributed by atoms with Crippen LogP contribution in [0, 0.1) is 5.82 Å². The Bertz CT molecular complexity index is 1350. The molecule has 2 heterocycles. The topological polar surface area (TPSA) is 97.4 Å². The van der Waals surface area contributed by atoms with Crippen LogP contribution in [0.5, 0.6) is 5.75 Å². The second-order valence-corrected chi connectivity index (χ2v) is 9.80. The summed E-state index contributed by atoms with van der Waals surface area (Å²) in [5.41, 5.74) is 1.66. The van der Waals surface area contributed by atoms with Crippen LogP contribution in [0.2, 0.25) is 0 Å². The number of thiazole rings is 1. The lowest BCUT2D eigenvalue weighted by molar-refractivity contribution is 0.102. The third-order valence-corrected chi connectivity index (χ3v) is 7.29. The van der Waals surface area contributed by atoms with E-state index in [0.717, 1.165) is 34.8 Å². The molecule has 0 saturated heterocycles. The van der Waals surface area contributed by atoms with E-state index in [1.165, 1.54) is 30.6 Å². The fraction of sp³-hybridized carbons (Fsp3) is 0.0476. The highest BCUT2D eigenvalue weighted by Crippen LogP contribution is 2.31. The third-order valence-electron chi connectivity index (χ3n) is 4.33. The molecule has 2 aromatic carbocycles. The predicted molar refractivity (Wildman–Crippen MR) is 124 cm³/mol. The molecule has 2 aromatic heterocycles. The number of sulfonamides is 1. The van der Waals surface area contributed by atoms with Crippen molar-refractivity contribution in [3.05, 3.63) is 76.2 Å². The number of methoxy groups -OCH3 is 1. The predicted octanol–water partition coefficient (Wildman–Crippen LogP) is 5.07. The number of anilines is 2. The summed E-state index contributed by atoms with van der Waals surface area (Å²) in [6, 6.07) is 10.9. The normalized spacial score (nSPS) is 11.2. The molecule has 11 heteroatoms. The van der Waals surface area contributed by atoms with Crippen LogP contribution in [-0.4, -0.2) is 26.4 Å². The van der Waals surface area contributed by atoms with Crippen molar-refractivity contribution in [1.82, 2.24) is 4.98 Å². The first kappa shape index (κ1) is 21.9. The zero-order valence-electron chi connectivity index (χ0n) is 16.5. The molecular weight excluding hydrogens is 473 g/mol. The van der Waals surface area contributed by atoms with Gasteiger partial charge < -0.3 is 10.1 Å². The van der Waals surface area contributed by atoms with E-state index in [4.69, 9.17) is 4.74 Å². The molecule has 164 valence electrons. The van der Waals surface area contributed by atoms with Crippen molar-refractivity contribution in [1.29, 1.82) is 0 Å². The molecule has 0 spiro atoms. The Morgan fingerprint density at radius 2 is 1.88 bits per heavy atom. The van der Waals surface area contributed by atoms with Gasteiger partial charge in [0, 0.05) is 22.0 Å². The van der Waals surface area contributed by atoms with Gasteiger partial charge in [0.1, 0.15) is 22.3 Å². The van der Waals surface area contributed by atoms with Gasteiger partial charge in [-0.2, -0.15) is 11.3 Å². The minimum atomic E-state index is -4.00. The molecule has 0 aliphatic rings. The number of rotatable bonds is 7. The molecule has 0 fully saturated rings. The van der Waals surface area contributed by atoms with Gasteiger partial charge in [-0.1, -0.05) is 0 Å². The number of aromatic nitrogens is 1. The lowest BCUT2D eigenvalue weighted by Gasteiger charge is -2.14. The van der Waals surface area contributed by atoms with Crippen molar-refractivity contribution < 1.29 is 22.3 Å². The second kappa shape index (κ2) is 9.07. The number of thiophene rings is 1. The van der Waals surface area contributed by atoms with Gasteiger partial charge >= 0.3 is 0 Å². The molecular formula is C21H16FN3O4S3. The number of halogens is 1. The fourth-order valence-electron chi connectivity index (χ4n) is 2.77. The summed E-state index contributed by atoms with van der Waals surface area (Å²) >= 11 is 2.90. The molecule has 0 aliphatic heterocycles. The Morgan fingerprint density at radius 3 is 2.56 bits per heavy atom. The smallest absolute Gasteiger partial charge is 0.275 e. The number of nitrogens with zero attached hydrogens (tertiary/aromatic N) is 1. The summed E-state index contributed by atoms with van der Waals surface area (Å²) in [5, 5.41) is 8.98. The lowest BCUT2D eigenvalue weighted by Crippen LogP contribution is -2.15. The van der Waals surface area contributed by atoms with Crippen molar-refractivity contribution in [3.63, 3.8) is 0 Å². The van der Waals surface area contributed by atoms with Crippen LogP contribution < -0.4 is 14.8 Å². The molecule has 0 aliphatic carbocycles. The van der Waals surface area contributed by atoms with Crippen LogP contribution in [0.15, 0.2) is 69.6 Å². The van der Waals surface area contributed by atoms with Crippen molar-refractivity contribution in [2.75, 3.05) is 17.1 Å². The van der Waals surface area contributed by atoms with Crippen molar-refractivity contribution in [3.8, 4) is 16.3 Å². The Balaban J connectivity index is 1.55. The highest BCUT2D eigenvalue weighted by molar-refractivity contribution is 7.92. The van der Waals surface area contributed by atoms with Gasteiger partial charge in [0.25, 0.3) is 15.9 Å². The Hall–Kier alpha value is -3.28. The van der Waals surface area contributed by atoms with Crippen molar-refractivity contribution >= 4 is 50.0 Å². The Labute approximate surface area is 191 Å². The van der Waals surface area contributed by atoms with E-state index in [0.29, 0.717) is 5.69 Å². The van der Waals surface area contributed by atoms with Crippen LogP contribution in [0.4, 0.5) is 15.8 Å². The molecule has 4 aromatic rings. The summed E-state index contributed by atoms with van der Waals surface area (Å²) in [6.07, 6.45) is 0. The minimum absolute atomic E-state index is 0.112. The summed E-state index contributed by atoms with van der Waals surface area (Å²) in [5.74, 6) is -0.724. The molecule has 2 N–H and O–H groups in total. The summed E-state index contributed by atoms with van der Waals surface area (Å²) in [7, 11) is -2.61. The SMILES string of the molecule is COc1ccc(NC(=O)c2csc(-c3ccsc3)n2)cc1NS(=O)(=O)c1ccc(F)cc1. The molecule has 32 heavy (non-hydrogen) atoms. The number of hydrogen-bond donors (Lipinski definition) is 2. The van der Waals surface area contributed by atoms with Gasteiger partial charge in [0.05, 0.1) is 17.7 Å². The van der Waals surface area contributed by atoms with E-state index in [9.17, 15) is 17.6 Å². The number of carbonyl (C=O) groups is 1. The number of amides is 1. The first-order chi connectivity index (χ1) is 15.4. The van der Waals surface area contributed by atoms with E-state index in [1.807, 2.05) is 16.8 Å². The first-order valence-electron chi connectivity index (χ1n) is 9.11. The minimum Gasteiger partial charge on any atom is -0.495 e. The maximum Gasteiger partial charge on any atom is 0.275 e. The zero-order valence-corrected chi connectivity index (χ0v) is 19.0.